The molecule has 108 valence electrons. The summed E-state index contributed by atoms with van der Waals surface area (Å²) in [6.07, 6.45) is 2.81. The van der Waals surface area contributed by atoms with Crippen molar-refractivity contribution in [1.29, 1.82) is 0 Å². The number of hydrogen-bond acceptors (Lipinski definition) is 4. The monoisotopic (exact) mass is 279 g/mol. The minimum atomic E-state index is -0.853. The van der Waals surface area contributed by atoms with Crippen molar-refractivity contribution in [2.75, 3.05) is 25.5 Å². The first-order valence-electron chi connectivity index (χ1n) is 6.39. The molecule has 2 N–H and O–H groups in total. The Kier molecular flexibility index (Phi) is 4.39. The summed E-state index contributed by atoms with van der Waals surface area (Å²) in [5.41, 5.74) is 0.549. The number of carbonyl (C=O) groups is 2. The third-order valence-electron chi connectivity index (χ3n) is 3.25. The number of carboxylic acid groups (broad SMARTS) is 1. The van der Waals surface area contributed by atoms with E-state index >= 15 is 0 Å². The minimum Gasteiger partial charge on any atom is -0.481 e. The van der Waals surface area contributed by atoms with Crippen LogP contribution in [0.4, 0.5) is 10.5 Å². The number of ether oxygens (including phenoxy) is 1. The number of urea groups is 1. The van der Waals surface area contributed by atoms with Crippen LogP contribution in [0.5, 0.6) is 5.88 Å². The van der Waals surface area contributed by atoms with Crippen LogP contribution in [-0.2, 0) is 4.79 Å². The number of methoxy groups -OCH3 is 1. The Morgan fingerprint density at radius 2 is 2.30 bits per heavy atom. The molecule has 0 aliphatic carbocycles. The highest BCUT2D eigenvalue weighted by Gasteiger charge is 2.28. The number of amides is 2. The lowest BCUT2D eigenvalue weighted by Gasteiger charge is -2.30. The molecule has 1 atom stereocenters. The minimum absolute atomic E-state index is 0.241. The van der Waals surface area contributed by atoms with Gasteiger partial charge < -0.3 is 20.1 Å². The Hall–Kier alpha value is -2.31. The smallest absolute Gasteiger partial charge is 0.321 e. The van der Waals surface area contributed by atoms with Gasteiger partial charge in [-0.15, -0.1) is 0 Å². The quantitative estimate of drug-likeness (QED) is 0.873. The molecule has 1 saturated heterocycles. The lowest BCUT2D eigenvalue weighted by Crippen LogP contribution is -2.44. The molecule has 7 heteroatoms. The van der Waals surface area contributed by atoms with Crippen molar-refractivity contribution in [2.45, 2.75) is 12.8 Å². The third-order valence-corrected chi connectivity index (χ3v) is 3.25. The maximum Gasteiger partial charge on any atom is 0.321 e. The molecule has 0 aromatic carbocycles. The maximum atomic E-state index is 12.1. The number of likely N-dealkylation sites (tertiary alicyclic amines) is 1. The van der Waals surface area contributed by atoms with Crippen molar-refractivity contribution in [3.8, 4) is 5.88 Å². The molecule has 20 heavy (non-hydrogen) atoms. The first-order valence-corrected chi connectivity index (χ1v) is 6.39. The van der Waals surface area contributed by atoms with E-state index < -0.39 is 11.9 Å². The topological polar surface area (TPSA) is 91.8 Å². The van der Waals surface area contributed by atoms with Gasteiger partial charge in [-0.1, -0.05) is 0 Å². The van der Waals surface area contributed by atoms with E-state index in [-0.39, 0.29) is 12.6 Å². The average molecular weight is 279 g/mol. The van der Waals surface area contributed by atoms with E-state index in [1.54, 1.807) is 12.1 Å². The van der Waals surface area contributed by atoms with E-state index in [4.69, 9.17) is 9.84 Å². The number of nitrogens with zero attached hydrogens (tertiary/aromatic N) is 2. The summed E-state index contributed by atoms with van der Waals surface area (Å²) >= 11 is 0. The Balaban J connectivity index is 1.95. The Morgan fingerprint density at radius 1 is 1.50 bits per heavy atom. The third kappa shape index (κ3) is 3.37. The molecule has 1 aliphatic rings. The van der Waals surface area contributed by atoms with E-state index in [0.29, 0.717) is 31.0 Å². The molecule has 0 spiro atoms. The molecule has 2 amide bonds. The standard InChI is InChI=1S/C13H17N3O4/c1-20-11-5-4-10(7-14-11)15-13(19)16-6-2-3-9(8-16)12(17)18/h4-5,7,9H,2-3,6,8H2,1H3,(H,15,19)(H,17,18)/t9-/m0/s1. The second-order valence-electron chi connectivity index (χ2n) is 4.64. The van der Waals surface area contributed by atoms with Gasteiger partial charge in [0.25, 0.3) is 0 Å². The number of aliphatic carboxylic acids is 1. The van der Waals surface area contributed by atoms with Gasteiger partial charge in [0, 0.05) is 19.2 Å². The molecule has 1 aromatic rings. The first-order chi connectivity index (χ1) is 9.60. The van der Waals surface area contributed by atoms with Crippen LogP contribution in [0.2, 0.25) is 0 Å². The van der Waals surface area contributed by atoms with Gasteiger partial charge >= 0.3 is 12.0 Å². The highest BCUT2D eigenvalue weighted by molar-refractivity contribution is 5.89. The second kappa shape index (κ2) is 6.23. The van der Waals surface area contributed by atoms with E-state index in [9.17, 15) is 9.59 Å². The normalized spacial score (nSPS) is 18.4. The van der Waals surface area contributed by atoms with Crippen LogP contribution in [0.3, 0.4) is 0 Å². The molecule has 7 nitrogen and oxygen atoms in total. The van der Waals surface area contributed by atoms with Gasteiger partial charge in [0.15, 0.2) is 0 Å². The summed E-state index contributed by atoms with van der Waals surface area (Å²) in [4.78, 5) is 28.5. The van der Waals surface area contributed by atoms with Crippen LogP contribution in [0.15, 0.2) is 18.3 Å². The van der Waals surface area contributed by atoms with Crippen LogP contribution in [-0.4, -0.2) is 47.2 Å². The molecule has 0 radical (unpaired) electrons. The summed E-state index contributed by atoms with van der Waals surface area (Å²) in [5.74, 6) is -0.871. The zero-order valence-electron chi connectivity index (χ0n) is 11.2. The van der Waals surface area contributed by atoms with E-state index in [2.05, 4.69) is 10.3 Å². The van der Waals surface area contributed by atoms with Crippen molar-refractivity contribution >= 4 is 17.7 Å². The molecule has 2 rings (SSSR count). The summed E-state index contributed by atoms with van der Waals surface area (Å²) in [6.45, 7) is 0.809. The first kappa shape index (κ1) is 14.1. The average Bonchev–Trinajstić information content (AvgIpc) is 2.48. The summed E-state index contributed by atoms with van der Waals surface area (Å²) in [7, 11) is 1.51. The maximum absolute atomic E-state index is 12.1. The molecule has 0 bridgehead atoms. The molecule has 0 saturated carbocycles. The zero-order valence-corrected chi connectivity index (χ0v) is 11.2. The number of piperidine rings is 1. The number of hydrogen-bond donors (Lipinski definition) is 2. The number of nitrogens with one attached hydrogen (secondary N) is 1. The molecule has 2 heterocycles. The number of anilines is 1. The molecular formula is C13H17N3O4. The van der Waals surface area contributed by atoms with Crippen LogP contribution in [0.1, 0.15) is 12.8 Å². The Morgan fingerprint density at radius 3 is 2.90 bits per heavy atom. The van der Waals surface area contributed by atoms with E-state index in [1.807, 2.05) is 0 Å². The number of carboxylic acids is 1. The van der Waals surface area contributed by atoms with Gasteiger partial charge in [0.05, 0.1) is 24.9 Å². The summed E-state index contributed by atoms with van der Waals surface area (Å²) in [5, 5.41) is 11.7. The zero-order chi connectivity index (χ0) is 14.5. The SMILES string of the molecule is COc1ccc(NC(=O)N2CCC[C@H](C(=O)O)C2)cn1. The predicted octanol–water partition coefficient (Wildman–Crippen LogP) is 1.42. The van der Waals surface area contributed by atoms with Crippen molar-refractivity contribution < 1.29 is 19.4 Å². The number of pyridine rings is 1. The fraction of sp³-hybridized carbons (Fsp3) is 0.462. The van der Waals surface area contributed by atoms with Gasteiger partial charge in [-0.05, 0) is 18.9 Å². The molecule has 0 unspecified atom stereocenters. The molecule has 1 fully saturated rings. The molecule has 1 aromatic heterocycles. The van der Waals surface area contributed by atoms with Crippen molar-refractivity contribution in [3.63, 3.8) is 0 Å². The predicted molar refractivity (Wildman–Crippen MR) is 71.7 cm³/mol. The Labute approximate surface area is 116 Å². The van der Waals surface area contributed by atoms with Gasteiger partial charge in [-0.2, -0.15) is 0 Å². The summed E-state index contributed by atoms with van der Waals surface area (Å²) in [6, 6.07) is 3.02. The largest absolute Gasteiger partial charge is 0.481 e. The lowest BCUT2D eigenvalue weighted by atomic mass is 9.99. The number of carbonyl (C=O) groups excluding carboxylic acids is 1. The van der Waals surface area contributed by atoms with Crippen LogP contribution >= 0.6 is 0 Å². The highest BCUT2D eigenvalue weighted by atomic mass is 16.5. The second-order valence-corrected chi connectivity index (χ2v) is 4.64. The summed E-state index contributed by atoms with van der Waals surface area (Å²) < 4.78 is 4.93. The van der Waals surface area contributed by atoms with Crippen LogP contribution in [0.25, 0.3) is 0 Å². The Bertz CT molecular complexity index is 489. The van der Waals surface area contributed by atoms with Crippen molar-refractivity contribution in [1.82, 2.24) is 9.88 Å². The molecular weight excluding hydrogens is 262 g/mol. The number of aromatic nitrogens is 1. The fourth-order valence-corrected chi connectivity index (χ4v) is 2.14. The molecule has 1 aliphatic heterocycles. The van der Waals surface area contributed by atoms with E-state index in [1.165, 1.54) is 18.2 Å². The van der Waals surface area contributed by atoms with Crippen molar-refractivity contribution in [2.24, 2.45) is 5.92 Å². The fourth-order valence-electron chi connectivity index (χ4n) is 2.14. The lowest BCUT2D eigenvalue weighted by molar-refractivity contribution is -0.143. The van der Waals surface area contributed by atoms with Gasteiger partial charge in [0.2, 0.25) is 5.88 Å². The van der Waals surface area contributed by atoms with Gasteiger partial charge in [0.1, 0.15) is 0 Å². The van der Waals surface area contributed by atoms with E-state index in [0.717, 1.165) is 0 Å². The number of rotatable bonds is 3. The van der Waals surface area contributed by atoms with Crippen LogP contribution in [0, 0.1) is 5.92 Å². The highest BCUT2D eigenvalue weighted by Crippen LogP contribution is 2.18. The van der Waals surface area contributed by atoms with Crippen molar-refractivity contribution in [3.05, 3.63) is 18.3 Å². The van der Waals surface area contributed by atoms with Gasteiger partial charge in [-0.25, -0.2) is 9.78 Å². The van der Waals surface area contributed by atoms with Crippen LogP contribution < -0.4 is 10.1 Å². The van der Waals surface area contributed by atoms with Gasteiger partial charge in [-0.3, -0.25) is 4.79 Å².